The number of ether oxygens (including phenoxy) is 1. The minimum absolute atomic E-state index is 0.206. The van der Waals surface area contributed by atoms with Gasteiger partial charge < -0.3 is 4.74 Å². The number of esters is 1. The molecule has 1 N–H and O–H groups in total. The van der Waals surface area contributed by atoms with E-state index in [1.807, 2.05) is 36.4 Å². The molecule has 0 bridgehead atoms. The van der Waals surface area contributed by atoms with Crippen molar-refractivity contribution in [1.82, 2.24) is 10.2 Å². The highest BCUT2D eigenvalue weighted by molar-refractivity contribution is 8.01. The number of anilines is 1. The van der Waals surface area contributed by atoms with Gasteiger partial charge in [-0.1, -0.05) is 77.7 Å². The standard InChI is InChI=1S/C20H17N3O3S2/c1-14(24)26-17-12-6-5-11-16(17)18(25)21-19-22-23-20(28-19)27-13-7-10-15-8-3-2-4-9-15/h2-12H,13H2,1H3,(H,21,22,25)/b10-7+. The van der Waals surface area contributed by atoms with Crippen molar-refractivity contribution >= 4 is 46.2 Å². The summed E-state index contributed by atoms with van der Waals surface area (Å²) < 4.78 is 5.82. The number of thioether (sulfide) groups is 1. The second-order valence-corrected chi connectivity index (χ2v) is 7.79. The maximum absolute atomic E-state index is 12.5. The number of amides is 1. The zero-order valence-electron chi connectivity index (χ0n) is 15.0. The van der Waals surface area contributed by atoms with Crippen LogP contribution in [-0.4, -0.2) is 27.8 Å². The van der Waals surface area contributed by atoms with Gasteiger partial charge in [0.25, 0.3) is 5.91 Å². The van der Waals surface area contributed by atoms with Gasteiger partial charge in [-0.2, -0.15) is 0 Å². The van der Waals surface area contributed by atoms with E-state index in [4.69, 9.17) is 4.74 Å². The molecule has 8 heteroatoms. The molecular weight excluding hydrogens is 394 g/mol. The molecule has 0 aliphatic heterocycles. The van der Waals surface area contributed by atoms with Crippen molar-refractivity contribution in [1.29, 1.82) is 0 Å². The second-order valence-electron chi connectivity index (χ2n) is 5.54. The van der Waals surface area contributed by atoms with E-state index in [9.17, 15) is 9.59 Å². The predicted octanol–water partition coefficient (Wildman–Crippen LogP) is 4.52. The van der Waals surface area contributed by atoms with Gasteiger partial charge in [0.1, 0.15) is 5.75 Å². The first-order valence-electron chi connectivity index (χ1n) is 8.38. The molecule has 0 aliphatic rings. The highest BCUT2D eigenvalue weighted by Crippen LogP contribution is 2.27. The summed E-state index contributed by atoms with van der Waals surface area (Å²) in [5, 5.41) is 11.1. The summed E-state index contributed by atoms with van der Waals surface area (Å²) in [7, 11) is 0. The van der Waals surface area contributed by atoms with Crippen LogP contribution in [-0.2, 0) is 4.79 Å². The molecule has 0 fully saturated rings. The number of hydrogen-bond donors (Lipinski definition) is 1. The Hall–Kier alpha value is -2.97. The fourth-order valence-corrected chi connectivity index (χ4v) is 3.83. The third-order valence-electron chi connectivity index (χ3n) is 3.43. The minimum atomic E-state index is -0.488. The van der Waals surface area contributed by atoms with Gasteiger partial charge >= 0.3 is 5.97 Å². The number of aromatic nitrogens is 2. The fraction of sp³-hybridized carbons (Fsp3) is 0.100. The van der Waals surface area contributed by atoms with Gasteiger partial charge in [-0.3, -0.25) is 14.9 Å². The molecule has 3 rings (SSSR count). The van der Waals surface area contributed by atoms with E-state index in [2.05, 4.69) is 21.6 Å². The lowest BCUT2D eigenvalue weighted by Gasteiger charge is -2.07. The van der Waals surface area contributed by atoms with E-state index in [0.717, 1.165) is 15.7 Å². The molecule has 0 radical (unpaired) electrons. The number of nitrogens with one attached hydrogen (secondary N) is 1. The van der Waals surface area contributed by atoms with Crippen LogP contribution < -0.4 is 10.1 Å². The van der Waals surface area contributed by atoms with Crippen molar-refractivity contribution in [2.24, 2.45) is 0 Å². The third kappa shape index (κ3) is 5.77. The summed E-state index contributed by atoms with van der Waals surface area (Å²) in [6, 6.07) is 16.6. The number of carbonyl (C=O) groups is 2. The average Bonchev–Trinajstić information content (AvgIpc) is 3.13. The molecule has 1 amide bonds. The summed E-state index contributed by atoms with van der Waals surface area (Å²) in [5.41, 5.74) is 1.40. The van der Waals surface area contributed by atoms with E-state index in [-0.39, 0.29) is 11.3 Å². The van der Waals surface area contributed by atoms with E-state index in [1.165, 1.54) is 30.0 Å². The predicted molar refractivity (Wildman–Crippen MR) is 112 cm³/mol. The first kappa shape index (κ1) is 19.8. The number of benzene rings is 2. The van der Waals surface area contributed by atoms with Crippen LogP contribution in [0.3, 0.4) is 0 Å². The largest absolute Gasteiger partial charge is 0.426 e. The van der Waals surface area contributed by atoms with Crippen molar-refractivity contribution in [2.75, 3.05) is 11.1 Å². The third-order valence-corrected chi connectivity index (χ3v) is 5.35. The number of rotatable bonds is 7. The maximum Gasteiger partial charge on any atom is 0.308 e. The highest BCUT2D eigenvalue weighted by atomic mass is 32.2. The number of nitrogens with zero attached hydrogens (tertiary/aromatic N) is 2. The normalized spacial score (nSPS) is 10.8. The maximum atomic E-state index is 12.5. The Bertz CT molecular complexity index is 987. The lowest BCUT2D eigenvalue weighted by atomic mass is 10.2. The summed E-state index contributed by atoms with van der Waals surface area (Å²) in [4.78, 5) is 23.6. The molecule has 0 spiro atoms. The molecule has 0 aliphatic carbocycles. The highest BCUT2D eigenvalue weighted by Gasteiger charge is 2.15. The van der Waals surface area contributed by atoms with Gasteiger partial charge in [0.05, 0.1) is 5.56 Å². The quantitative estimate of drug-likeness (QED) is 0.266. The van der Waals surface area contributed by atoms with Crippen LogP contribution in [0.15, 0.2) is 65.0 Å². The second kappa shape index (κ2) is 9.82. The molecule has 1 aromatic heterocycles. The smallest absolute Gasteiger partial charge is 0.308 e. The van der Waals surface area contributed by atoms with Crippen LogP contribution in [0.5, 0.6) is 5.75 Å². The van der Waals surface area contributed by atoms with Gasteiger partial charge in [-0.15, -0.1) is 10.2 Å². The van der Waals surface area contributed by atoms with Crippen LogP contribution in [0.25, 0.3) is 6.08 Å². The Labute approximate surface area is 170 Å². The number of carbonyl (C=O) groups excluding carboxylic acids is 2. The van der Waals surface area contributed by atoms with Gasteiger partial charge in [0.2, 0.25) is 5.13 Å². The molecular formula is C20H17N3O3S2. The van der Waals surface area contributed by atoms with Gasteiger partial charge in [-0.05, 0) is 17.7 Å². The topological polar surface area (TPSA) is 81.2 Å². The fourth-order valence-electron chi connectivity index (χ4n) is 2.25. The number of para-hydroxylation sites is 1. The monoisotopic (exact) mass is 411 g/mol. The first-order valence-corrected chi connectivity index (χ1v) is 10.2. The Morgan fingerprint density at radius 2 is 1.86 bits per heavy atom. The minimum Gasteiger partial charge on any atom is -0.426 e. The molecule has 0 saturated heterocycles. The van der Waals surface area contributed by atoms with E-state index < -0.39 is 11.9 Å². The van der Waals surface area contributed by atoms with E-state index in [1.54, 1.807) is 24.3 Å². The molecule has 1 heterocycles. The van der Waals surface area contributed by atoms with Gasteiger partial charge in [0, 0.05) is 12.7 Å². The summed E-state index contributed by atoms with van der Waals surface area (Å²) >= 11 is 2.82. The Balaban J connectivity index is 1.56. The molecule has 0 saturated carbocycles. The summed E-state index contributed by atoms with van der Waals surface area (Å²) in [5.74, 6) is 0.0526. The summed E-state index contributed by atoms with van der Waals surface area (Å²) in [6.45, 7) is 1.29. The van der Waals surface area contributed by atoms with Crippen molar-refractivity contribution in [3.05, 3.63) is 71.8 Å². The molecule has 3 aromatic rings. The van der Waals surface area contributed by atoms with Crippen molar-refractivity contribution < 1.29 is 14.3 Å². The van der Waals surface area contributed by atoms with Crippen LogP contribution >= 0.6 is 23.1 Å². The Morgan fingerprint density at radius 3 is 2.64 bits per heavy atom. The molecule has 0 atom stereocenters. The van der Waals surface area contributed by atoms with Crippen molar-refractivity contribution in [3.63, 3.8) is 0 Å². The van der Waals surface area contributed by atoms with Crippen molar-refractivity contribution in [3.8, 4) is 5.75 Å². The van der Waals surface area contributed by atoms with E-state index in [0.29, 0.717) is 5.13 Å². The first-order chi connectivity index (χ1) is 13.6. The lowest BCUT2D eigenvalue weighted by molar-refractivity contribution is -0.131. The average molecular weight is 412 g/mol. The molecule has 142 valence electrons. The van der Waals surface area contributed by atoms with Crippen LogP contribution in [0.2, 0.25) is 0 Å². The Kier molecular flexibility index (Phi) is 6.94. The number of hydrogen-bond acceptors (Lipinski definition) is 7. The van der Waals surface area contributed by atoms with Crippen LogP contribution in [0.1, 0.15) is 22.8 Å². The van der Waals surface area contributed by atoms with Gasteiger partial charge in [-0.25, -0.2) is 0 Å². The Morgan fingerprint density at radius 1 is 1.11 bits per heavy atom. The van der Waals surface area contributed by atoms with Crippen molar-refractivity contribution in [2.45, 2.75) is 11.3 Å². The zero-order valence-corrected chi connectivity index (χ0v) is 16.6. The molecule has 0 unspecified atom stereocenters. The van der Waals surface area contributed by atoms with Gasteiger partial charge in [0.15, 0.2) is 4.34 Å². The SMILES string of the molecule is CC(=O)Oc1ccccc1C(=O)Nc1nnc(SC/C=C/c2ccccc2)s1. The molecule has 2 aromatic carbocycles. The molecule has 6 nitrogen and oxygen atoms in total. The molecule has 28 heavy (non-hydrogen) atoms. The zero-order chi connectivity index (χ0) is 19.8. The summed E-state index contributed by atoms with van der Waals surface area (Å²) in [6.07, 6.45) is 4.09. The lowest BCUT2D eigenvalue weighted by Crippen LogP contribution is -2.14. The van der Waals surface area contributed by atoms with E-state index >= 15 is 0 Å². The van der Waals surface area contributed by atoms with Crippen LogP contribution in [0.4, 0.5) is 5.13 Å². The van der Waals surface area contributed by atoms with Crippen LogP contribution in [0, 0.1) is 0 Å².